The first-order valence-corrected chi connectivity index (χ1v) is 8.02. The fourth-order valence-electron chi connectivity index (χ4n) is 1.70. The quantitative estimate of drug-likeness (QED) is 0.664. The van der Waals surface area contributed by atoms with Crippen molar-refractivity contribution in [1.29, 1.82) is 0 Å². The predicted octanol–water partition coefficient (Wildman–Crippen LogP) is 1.02. The van der Waals surface area contributed by atoms with Crippen LogP contribution in [0.3, 0.4) is 0 Å². The Balaban J connectivity index is 2.65. The van der Waals surface area contributed by atoms with Gasteiger partial charge in [-0.15, -0.1) is 0 Å². The van der Waals surface area contributed by atoms with E-state index in [2.05, 4.69) is 14.7 Å². The van der Waals surface area contributed by atoms with E-state index in [-0.39, 0.29) is 10.4 Å². The molecule has 4 N–H and O–H groups in total. The molecule has 0 aliphatic rings. The number of nitrogens with zero attached hydrogens (tertiary/aromatic N) is 1. The molecule has 0 aliphatic carbocycles. The highest BCUT2D eigenvalue weighted by atomic mass is 32.2. The van der Waals surface area contributed by atoms with Gasteiger partial charge in [-0.2, -0.15) is 0 Å². The molecule has 0 aromatic carbocycles. The average Bonchev–Trinajstić information content (AvgIpc) is 2.84. The molecule has 0 fully saturated rings. The summed E-state index contributed by atoms with van der Waals surface area (Å²) >= 11 is 0. The lowest BCUT2D eigenvalue weighted by Gasteiger charge is -2.24. The molecule has 0 bridgehead atoms. The van der Waals surface area contributed by atoms with Crippen LogP contribution in [-0.4, -0.2) is 31.5 Å². The van der Waals surface area contributed by atoms with Gasteiger partial charge in [0.15, 0.2) is 5.03 Å². The van der Waals surface area contributed by atoms with Crippen molar-refractivity contribution in [2.45, 2.75) is 45.1 Å². The van der Waals surface area contributed by atoms with Gasteiger partial charge in [0.1, 0.15) is 5.82 Å². The molecule has 1 aromatic rings. The largest absolute Gasteiger partial charge is 0.332 e. The van der Waals surface area contributed by atoms with Crippen LogP contribution in [0.15, 0.2) is 11.2 Å². The van der Waals surface area contributed by atoms with Crippen molar-refractivity contribution in [2.24, 2.45) is 11.1 Å². The molecule has 0 aliphatic heterocycles. The Labute approximate surface area is 115 Å². The molecule has 110 valence electrons. The van der Waals surface area contributed by atoms with Crippen molar-refractivity contribution in [3.05, 3.63) is 12.0 Å². The highest BCUT2D eigenvalue weighted by Gasteiger charge is 2.23. The van der Waals surface area contributed by atoms with Gasteiger partial charge < -0.3 is 10.7 Å². The van der Waals surface area contributed by atoms with Gasteiger partial charge in [-0.3, -0.25) is 0 Å². The Morgan fingerprint density at radius 1 is 1.47 bits per heavy atom. The minimum atomic E-state index is -3.51. The normalized spacial score (nSPS) is 12.8. The number of imidazole rings is 1. The molecule has 0 saturated heterocycles. The second-order valence-corrected chi connectivity index (χ2v) is 7.16. The Kier molecular flexibility index (Phi) is 5.51. The minimum Gasteiger partial charge on any atom is -0.332 e. The molecule has 7 heteroatoms. The number of nitrogens with one attached hydrogen (secondary N) is 2. The zero-order chi connectivity index (χ0) is 14.5. The van der Waals surface area contributed by atoms with Gasteiger partial charge in [0.25, 0.3) is 10.0 Å². The number of aryl methyl sites for hydroxylation is 1. The first-order valence-electron chi connectivity index (χ1n) is 6.54. The maximum absolute atomic E-state index is 12.1. The van der Waals surface area contributed by atoms with Crippen LogP contribution in [0.1, 0.15) is 39.4 Å². The molecule has 6 nitrogen and oxygen atoms in total. The Morgan fingerprint density at radius 3 is 2.68 bits per heavy atom. The summed E-state index contributed by atoms with van der Waals surface area (Å²) in [5, 5.41) is 0.124. The highest BCUT2D eigenvalue weighted by Crippen LogP contribution is 2.21. The monoisotopic (exact) mass is 288 g/mol. The summed E-state index contributed by atoms with van der Waals surface area (Å²) in [7, 11) is -3.51. The molecule has 1 heterocycles. The van der Waals surface area contributed by atoms with Crippen LogP contribution < -0.4 is 10.5 Å². The van der Waals surface area contributed by atoms with E-state index in [9.17, 15) is 8.42 Å². The molecule has 19 heavy (non-hydrogen) atoms. The van der Waals surface area contributed by atoms with Crippen LogP contribution >= 0.6 is 0 Å². The fraction of sp³-hybridized carbons (Fsp3) is 0.750. The van der Waals surface area contributed by atoms with Gasteiger partial charge in [0.05, 0.1) is 6.20 Å². The third-order valence-electron chi connectivity index (χ3n) is 3.03. The molecular weight excluding hydrogens is 264 g/mol. The summed E-state index contributed by atoms with van der Waals surface area (Å²) in [6.45, 7) is 6.97. The number of H-pyrrole nitrogens is 1. The Hall–Kier alpha value is -0.920. The summed E-state index contributed by atoms with van der Waals surface area (Å²) in [5.41, 5.74) is 5.36. The van der Waals surface area contributed by atoms with Crippen LogP contribution in [0, 0.1) is 5.41 Å². The van der Waals surface area contributed by atoms with Crippen LogP contribution in [0.25, 0.3) is 0 Å². The van der Waals surface area contributed by atoms with Crippen molar-refractivity contribution < 1.29 is 8.42 Å². The summed E-state index contributed by atoms with van der Waals surface area (Å²) in [6, 6.07) is 0. The summed E-state index contributed by atoms with van der Waals surface area (Å²) < 4.78 is 26.8. The lowest BCUT2D eigenvalue weighted by atomic mass is 9.88. The number of aromatic amines is 1. The van der Waals surface area contributed by atoms with Gasteiger partial charge in [-0.1, -0.05) is 20.8 Å². The topological polar surface area (TPSA) is 101 Å². The van der Waals surface area contributed by atoms with Crippen molar-refractivity contribution in [3.8, 4) is 0 Å². The lowest BCUT2D eigenvalue weighted by molar-refractivity contribution is 0.327. The average molecular weight is 288 g/mol. The molecule has 0 unspecified atom stereocenters. The SMILES string of the molecule is CCc1ncc(S(=O)(=O)NCC(C)(C)CCCN)[nH]1. The Bertz CT molecular complexity index is 494. The zero-order valence-electron chi connectivity index (χ0n) is 11.9. The second kappa shape index (κ2) is 6.49. The van der Waals surface area contributed by atoms with E-state index in [1.54, 1.807) is 0 Å². The van der Waals surface area contributed by atoms with Crippen LogP contribution in [-0.2, 0) is 16.4 Å². The van der Waals surface area contributed by atoms with Crippen LogP contribution in [0.2, 0.25) is 0 Å². The number of sulfonamides is 1. The van der Waals surface area contributed by atoms with Gasteiger partial charge >= 0.3 is 0 Å². The van der Waals surface area contributed by atoms with Gasteiger partial charge in [-0.25, -0.2) is 18.1 Å². The summed E-state index contributed by atoms with van der Waals surface area (Å²) in [5.74, 6) is 0.669. The second-order valence-electron chi connectivity index (χ2n) is 5.43. The fourth-order valence-corrected chi connectivity index (χ4v) is 2.88. The predicted molar refractivity (Wildman–Crippen MR) is 75.2 cm³/mol. The first kappa shape index (κ1) is 16.1. The highest BCUT2D eigenvalue weighted by molar-refractivity contribution is 7.89. The summed E-state index contributed by atoms with van der Waals surface area (Å²) in [6.07, 6.45) is 3.81. The van der Waals surface area contributed by atoms with E-state index < -0.39 is 10.0 Å². The van der Waals surface area contributed by atoms with E-state index in [0.29, 0.717) is 25.3 Å². The van der Waals surface area contributed by atoms with E-state index in [1.807, 2.05) is 20.8 Å². The molecule has 1 aromatic heterocycles. The third-order valence-corrected chi connectivity index (χ3v) is 4.34. The number of hydrogen-bond donors (Lipinski definition) is 3. The molecule has 0 atom stereocenters. The third kappa shape index (κ3) is 4.93. The van der Waals surface area contributed by atoms with Crippen LogP contribution in [0.5, 0.6) is 0 Å². The molecule has 0 radical (unpaired) electrons. The van der Waals surface area contributed by atoms with Gasteiger partial charge in [-0.05, 0) is 24.8 Å². The Morgan fingerprint density at radius 2 is 2.16 bits per heavy atom. The summed E-state index contributed by atoms with van der Waals surface area (Å²) in [4.78, 5) is 6.80. The van der Waals surface area contributed by atoms with Gasteiger partial charge in [0, 0.05) is 13.0 Å². The van der Waals surface area contributed by atoms with Crippen molar-refractivity contribution in [3.63, 3.8) is 0 Å². The lowest BCUT2D eigenvalue weighted by Crippen LogP contribution is -2.34. The number of aromatic nitrogens is 2. The zero-order valence-corrected chi connectivity index (χ0v) is 12.7. The molecule has 1 rings (SSSR count). The van der Waals surface area contributed by atoms with Crippen molar-refractivity contribution in [2.75, 3.05) is 13.1 Å². The number of rotatable bonds is 8. The van der Waals surface area contributed by atoms with Gasteiger partial charge in [0.2, 0.25) is 0 Å². The number of nitrogens with two attached hydrogens (primary N) is 1. The van der Waals surface area contributed by atoms with E-state index in [1.165, 1.54) is 6.20 Å². The molecule has 0 amide bonds. The number of hydrogen-bond acceptors (Lipinski definition) is 4. The van der Waals surface area contributed by atoms with Crippen molar-refractivity contribution in [1.82, 2.24) is 14.7 Å². The van der Waals surface area contributed by atoms with E-state index in [0.717, 1.165) is 12.8 Å². The first-order chi connectivity index (χ1) is 8.80. The van der Waals surface area contributed by atoms with E-state index in [4.69, 9.17) is 5.73 Å². The molecule has 0 saturated carbocycles. The minimum absolute atomic E-state index is 0.111. The van der Waals surface area contributed by atoms with Crippen molar-refractivity contribution >= 4 is 10.0 Å². The maximum Gasteiger partial charge on any atom is 0.257 e. The van der Waals surface area contributed by atoms with E-state index >= 15 is 0 Å². The molecular formula is C12H24N4O2S. The molecule has 0 spiro atoms. The standard InChI is InChI=1S/C12H24N4O2S/c1-4-10-14-8-11(16-10)19(17,18)15-9-12(2,3)6-5-7-13/h8,15H,4-7,9,13H2,1-3H3,(H,14,16). The maximum atomic E-state index is 12.1. The van der Waals surface area contributed by atoms with Crippen LogP contribution in [0.4, 0.5) is 0 Å². The smallest absolute Gasteiger partial charge is 0.257 e.